The molecule has 0 spiro atoms. The number of aryl methyl sites for hydroxylation is 1. The number of likely N-dealkylation sites (tertiary alicyclic amines) is 1. The van der Waals surface area contributed by atoms with E-state index in [1.165, 1.54) is 12.1 Å². The molecule has 0 unspecified atom stereocenters. The molecule has 2 heterocycles. The van der Waals surface area contributed by atoms with Gasteiger partial charge in [-0.05, 0) is 25.5 Å². The fourth-order valence-corrected chi connectivity index (χ4v) is 2.75. The summed E-state index contributed by atoms with van der Waals surface area (Å²) in [4.78, 5) is 18.2. The van der Waals surface area contributed by atoms with Crippen LogP contribution in [0, 0.1) is 5.82 Å². The molecule has 1 N–H and O–H groups in total. The third-order valence-electron chi connectivity index (χ3n) is 4.25. The number of nitrogens with zero attached hydrogens (tertiary/aromatic N) is 3. The van der Waals surface area contributed by atoms with Gasteiger partial charge in [-0.15, -0.1) is 0 Å². The van der Waals surface area contributed by atoms with Gasteiger partial charge in [0.25, 0.3) is 5.91 Å². The summed E-state index contributed by atoms with van der Waals surface area (Å²) in [5, 5.41) is 10.6. The molecule has 1 aromatic heterocycles. The summed E-state index contributed by atoms with van der Waals surface area (Å²) in [6.45, 7) is 2.28. The Morgan fingerprint density at radius 3 is 2.96 bits per heavy atom. The Hall–Kier alpha value is -2.41. The highest BCUT2D eigenvalue weighted by Crippen LogP contribution is 2.27. The Kier molecular flexibility index (Phi) is 4.28. The van der Waals surface area contributed by atoms with Gasteiger partial charge in [0.15, 0.2) is 0 Å². The van der Waals surface area contributed by atoms with Crippen LogP contribution >= 0.6 is 0 Å². The maximum atomic E-state index is 13.3. The highest BCUT2D eigenvalue weighted by molar-refractivity contribution is 5.92. The molecule has 1 amide bonds. The van der Waals surface area contributed by atoms with Crippen LogP contribution in [0.25, 0.3) is 0 Å². The largest absolute Gasteiger partial charge is 0.485 e. The van der Waals surface area contributed by atoms with E-state index in [4.69, 9.17) is 4.74 Å². The molecular weight excluding hydrogens is 313 g/mol. The number of amides is 1. The summed E-state index contributed by atoms with van der Waals surface area (Å²) in [6, 6.07) is 5.75. The van der Waals surface area contributed by atoms with Crippen LogP contribution in [0.15, 0.2) is 36.8 Å². The van der Waals surface area contributed by atoms with Crippen LogP contribution in [0.1, 0.15) is 23.8 Å². The van der Waals surface area contributed by atoms with Crippen molar-refractivity contribution in [2.45, 2.75) is 25.0 Å². The Labute approximate surface area is 139 Å². The molecule has 3 rings (SSSR count). The number of aromatic nitrogens is 2. The van der Waals surface area contributed by atoms with E-state index in [9.17, 15) is 14.3 Å². The molecule has 1 aromatic carbocycles. The highest BCUT2D eigenvalue weighted by atomic mass is 19.1. The molecule has 0 saturated carbocycles. The molecule has 2 aromatic rings. The van der Waals surface area contributed by atoms with Crippen molar-refractivity contribution < 1.29 is 19.0 Å². The van der Waals surface area contributed by atoms with Gasteiger partial charge in [-0.25, -0.2) is 9.37 Å². The van der Waals surface area contributed by atoms with Crippen molar-refractivity contribution in [3.63, 3.8) is 0 Å². The van der Waals surface area contributed by atoms with Crippen LogP contribution in [-0.4, -0.2) is 50.3 Å². The number of hydrogen-bond donors (Lipinski definition) is 1. The molecule has 24 heavy (non-hydrogen) atoms. The van der Waals surface area contributed by atoms with E-state index < -0.39 is 17.5 Å². The third kappa shape index (κ3) is 3.41. The Balaban J connectivity index is 1.76. The first kappa shape index (κ1) is 16.4. The van der Waals surface area contributed by atoms with Crippen LogP contribution in [-0.2, 0) is 7.05 Å². The predicted octanol–water partition coefficient (Wildman–Crippen LogP) is 1.60. The lowest BCUT2D eigenvalue weighted by molar-refractivity contribution is -0.0882. The second-order valence-corrected chi connectivity index (χ2v) is 6.35. The lowest BCUT2D eigenvalue weighted by Gasteiger charge is -2.42. The van der Waals surface area contributed by atoms with Gasteiger partial charge in [-0.1, -0.05) is 6.07 Å². The fraction of sp³-hybridized carbons (Fsp3) is 0.412. The minimum Gasteiger partial charge on any atom is -0.485 e. The van der Waals surface area contributed by atoms with E-state index >= 15 is 0 Å². The van der Waals surface area contributed by atoms with Crippen LogP contribution in [0.4, 0.5) is 4.39 Å². The molecule has 7 heteroatoms. The molecule has 2 atom stereocenters. The quantitative estimate of drug-likeness (QED) is 0.926. The number of ether oxygens (including phenoxy) is 1. The molecule has 0 radical (unpaired) electrons. The second kappa shape index (κ2) is 6.24. The number of rotatable bonds is 3. The molecule has 6 nitrogen and oxygen atoms in total. The highest BCUT2D eigenvalue weighted by Gasteiger charge is 2.41. The normalized spacial score (nSPS) is 24.0. The minimum absolute atomic E-state index is 0.207. The number of carbonyl (C=O) groups is 1. The van der Waals surface area contributed by atoms with Crippen LogP contribution in [0.5, 0.6) is 5.75 Å². The first-order chi connectivity index (χ1) is 11.3. The maximum absolute atomic E-state index is 13.3. The van der Waals surface area contributed by atoms with E-state index in [0.717, 1.165) is 0 Å². The van der Waals surface area contributed by atoms with E-state index in [-0.39, 0.29) is 12.5 Å². The zero-order valence-corrected chi connectivity index (χ0v) is 13.6. The smallest absolute Gasteiger partial charge is 0.274 e. The van der Waals surface area contributed by atoms with Gasteiger partial charge < -0.3 is 19.3 Å². The molecule has 0 aliphatic carbocycles. The van der Waals surface area contributed by atoms with Gasteiger partial charge in [0.1, 0.15) is 29.0 Å². The fourth-order valence-electron chi connectivity index (χ4n) is 2.75. The topological polar surface area (TPSA) is 67.6 Å². The molecule has 1 saturated heterocycles. The van der Waals surface area contributed by atoms with Gasteiger partial charge in [0, 0.05) is 25.9 Å². The first-order valence-corrected chi connectivity index (χ1v) is 7.77. The van der Waals surface area contributed by atoms with Gasteiger partial charge in [0.05, 0.1) is 12.9 Å². The minimum atomic E-state index is -1.10. The molecule has 1 aliphatic rings. The molecule has 128 valence electrons. The monoisotopic (exact) mass is 333 g/mol. The van der Waals surface area contributed by atoms with E-state index in [1.807, 2.05) is 0 Å². The van der Waals surface area contributed by atoms with Gasteiger partial charge >= 0.3 is 0 Å². The average Bonchev–Trinajstić information content (AvgIpc) is 2.95. The zero-order chi connectivity index (χ0) is 17.3. The number of aliphatic hydroxyl groups is 1. The summed E-state index contributed by atoms with van der Waals surface area (Å²) >= 11 is 0. The van der Waals surface area contributed by atoms with E-state index in [1.54, 1.807) is 48.1 Å². The Morgan fingerprint density at radius 1 is 1.50 bits per heavy atom. The first-order valence-electron chi connectivity index (χ1n) is 7.77. The second-order valence-electron chi connectivity index (χ2n) is 6.35. The van der Waals surface area contributed by atoms with Crippen molar-refractivity contribution in [2.75, 3.05) is 13.1 Å². The van der Waals surface area contributed by atoms with E-state index in [0.29, 0.717) is 24.4 Å². The number of hydrogen-bond acceptors (Lipinski definition) is 4. The number of benzene rings is 1. The van der Waals surface area contributed by atoms with Crippen LogP contribution in [0.3, 0.4) is 0 Å². The third-order valence-corrected chi connectivity index (χ3v) is 4.25. The summed E-state index contributed by atoms with van der Waals surface area (Å²) in [6.07, 6.45) is 2.93. The number of halogens is 1. The lowest BCUT2D eigenvalue weighted by atomic mass is 9.90. The molecule has 1 fully saturated rings. The molecular formula is C17H20FN3O3. The summed E-state index contributed by atoms with van der Waals surface area (Å²) in [7, 11) is 1.79. The zero-order valence-electron chi connectivity index (χ0n) is 13.6. The van der Waals surface area contributed by atoms with Crippen LogP contribution < -0.4 is 4.74 Å². The molecule has 1 aliphatic heterocycles. The van der Waals surface area contributed by atoms with Gasteiger partial charge in [-0.3, -0.25) is 4.79 Å². The number of piperidine rings is 1. The van der Waals surface area contributed by atoms with Crippen molar-refractivity contribution in [1.82, 2.24) is 14.5 Å². The predicted molar refractivity (Wildman–Crippen MR) is 85.2 cm³/mol. The van der Waals surface area contributed by atoms with Crippen molar-refractivity contribution in [1.29, 1.82) is 0 Å². The Bertz CT molecular complexity index is 744. The summed E-state index contributed by atoms with van der Waals surface area (Å²) in [5.41, 5.74) is -0.753. The van der Waals surface area contributed by atoms with Crippen molar-refractivity contribution >= 4 is 5.91 Å². The average molecular weight is 333 g/mol. The maximum Gasteiger partial charge on any atom is 0.274 e. The summed E-state index contributed by atoms with van der Waals surface area (Å²) < 4.78 is 20.8. The van der Waals surface area contributed by atoms with Crippen LogP contribution in [0.2, 0.25) is 0 Å². The number of carbonyl (C=O) groups excluding carboxylic acids is 1. The van der Waals surface area contributed by atoms with Gasteiger partial charge in [0.2, 0.25) is 0 Å². The van der Waals surface area contributed by atoms with Crippen molar-refractivity contribution in [3.8, 4) is 5.75 Å². The Morgan fingerprint density at radius 2 is 2.29 bits per heavy atom. The SMILES string of the molecule is Cn1cnc(C(=O)N2CC[C@@](C)(O)[C@H](Oc3cccc(F)c3)C2)c1. The van der Waals surface area contributed by atoms with Crippen molar-refractivity contribution in [3.05, 3.63) is 48.3 Å². The lowest BCUT2D eigenvalue weighted by Crippen LogP contribution is -2.57. The summed E-state index contributed by atoms with van der Waals surface area (Å²) in [5.74, 6) is -0.296. The standard InChI is InChI=1S/C17H20FN3O3/c1-17(23)6-7-21(16(22)14-9-20(2)11-19-14)10-15(17)24-13-5-3-4-12(18)8-13/h3-5,8-9,11,15,23H,6-7,10H2,1-2H3/t15-,17-/m1/s1. The van der Waals surface area contributed by atoms with E-state index in [2.05, 4.69) is 4.98 Å². The van der Waals surface area contributed by atoms with Crippen molar-refractivity contribution in [2.24, 2.45) is 7.05 Å². The van der Waals surface area contributed by atoms with Gasteiger partial charge in [-0.2, -0.15) is 0 Å². The number of imidazole rings is 1. The molecule has 0 bridgehead atoms.